The van der Waals surface area contributed by atoms with Gasteiger partial charge in [0, 0.05) is 68.2 Å². The first-order chi connectivity index (χ1) is 61.6. The van der Waals surface area contributed by atoms with E-state index in [4.69, 9.17) is 27.4 Å². The van der Waals surface area contributed by atoms with Crippen molar-refractivity contribution in [2.75, 3.05) is 19.6 Å². The molecular formula is C110H79N7O9. The highest BCUT2D eigenvalue weighted by atomic mass is 16.5. The van der Waals surface area contributed by atoms with E-state index in [1.165, 1.54) is 18.2 Å². The molecule has 16 aromatic carbocycles. The van der Waals surface area contributed by atoms with E-state index in [0.717, 1.165) is 119 Å². The maximum atomic E-state index is 12.2. The normalized spacial score (nSPS) is 11.1. The lowest BCUT2D eigenvalue weighted by Gasteiger charge is -2.26. The minimum atomic E-state index is -1.29. The molecule has 0 aliphatic rings. The van der Waals surface area contributed by atoms with Gasteiger partial charge in [-0.3, -0.25) is 4.79 Å². The van der Waals surface area contributed by atoms with Crippen LogP contribution in [-0.2, 0) is 9.59 Å². The first kappa shape index (κ1) is 83.3. The number of nitrogens with zero attached hydrogens (tertiary/aromatic N) is 7. The molecular weight excluding hydrogens is 1560 g/mol. The zero-order valence-corrected chi connectivity index (χ0v) is 68.3. The summed E-state index contributed by atoms with van der Waals surface area (Å²) in [5, 5.41) is 38.1. The highest BCUT2D eigenvalue weighted by molar-refractivity contribution is 5.98. The van der Waals surface area contributed by atoms with E-state index >= 15 is 0 Å². The third-order valence-electron chi connectivity index (χ3n) is 20.6. The molecule has 0 aliphatic heterocycles. The van der Waals surface area contributed by atoms with Gasteiger partial charge in [0.25, 0.3) is 5.70 Å². The Morgan fingerprint density at radius 1 is 0.310 bits per heavy atom. The standard InChI is InChI=1S/C58H42N4O6.C52H37N3O3/c1-39-4-28-52(29-5-39)67-54-32-24-50(25-33-54)61(46-16-8-41(9-17-46)36-45(38-59)57(63)64)48-20-12-43(13-21-48)44-14-22-49(23-15-44)62(47-18-10-42(11-19-47)37-56(60-3)58(65)66)51-26-34-55(35-27-51)68-53-30-6-40(2)7-31-53;1-53-50(41-28-35-51(49(37-41)52(56)57)58-48-20-12-5-13-21-48)36-38-22-29-45(30-23-38)55(44-18-10-4-11-19-44)47-33-26-40(27-34-47)39-24-31-46(32-25-39)54(42-14-6-2-7-15-42)43-16-8-3-9-17-43/h4-37H,1-2H3,(H,63,64)(H,65,66);2-37H,(H,56,57)/b45-36+,56-37-;50-36-. The van der Waals surface area contributed by atoms with Crippen LogP contribution in [0.2, 0.25) is 0 Å². The van der Waals surface area contributed by atoms with Gasteiger partial charge >= 0.3 is 17.9 Å². The van der Waals surface area contributed by atoms with Crippen molar-refractivity contribution in [1.29, 1.82) is 5.26 Å². The summed E-state index contributed by atoms with van der Waals surface area (Å²) in [5.41, 5.74) is 19.8. The molecule has 0 aromatic heterocycles. The first-order valence-corrected chi connectivity index (χ1v) is 40.2. The van der Waals surface area contributed by atoms with Crippen LogP contribution in [0.15, 0.2) is 418 Å². The number of benzene rings is 16. The Morgan fingerprint density at radius 3 is 0.881 bits per heavy atom. The fourth-order valence-corrected chi connectivity index (χ4v) is 14.2. The maximum absolute atomic E-state index is 12.2. The zero-order chi connectivity index (χ0) is 87.3. The van der Waals surface area contributed by atoms with Crippen LogP contribution < -0.4 is 33.8 Å². The van der Waals surface area contributed by atoms with Crippen LogP contribution in [-0.4, -0.2) is 33.2 Å². The van der Waals surface area contributed by atoms with Crippen molar-refractivity contribution in [2.24, 2.45) is 0 Å². The number of carboxylic acids is 3. The van der Waals surface area contributed by atoms with Gasteiger partial charge in [-0.25, -0.2) is 19.3 Å². The van der Waals surface area contributed by atoms with E-state index in [1.54, 1.807) is 60.7 Å². The largest absolute Gasteiger partial charge is 0.486 e. The number of anilines is 12. The van der Waals surface area contributed by atoms with Gasteiger partial charge < -0.3 is 49.1 Å². The van der Waals surface area contributed by atoms with E-state index in [2.05, 4.69) is 163 Å². The number of nitriles is 1. The Bertz CT molecular complexity index is 6460. The van der Waals surface area contributed by atoms with Gasteiger partial charge in [0.2, 0.25) is 0 Å². The monoisotopic (exact) mass is 1640 g/mol. The van der Waals surface area contributed by atoms with E-state index < -0.39 is 17.9 Å². The number of para-hydroxylation sites is 4. The number of ether oxygens (including phenoxy) is 3. The quantitative estimate of drug-likeness (QED) is 0.0191. The lowest BCUT2D eigenvalue weighted by Crippen LogP contribution is -2.10. The number of hydrogen-bond acceptors (Lipinski definition) is 11. The molecule has 16 rings (SSSR count). The molecule has 0 unspecified atom stereocenters. The van der Waals surface area contributed by atoms with E-state index in [-0.39, 0.29) is 22.6 Å². The van der Waals surface area contributed by atoms with Gasteiger partial charge in [-0.05, 0) is 295 Å². The number of aliphatic carboxylic acids is 2. The smallest absolute Gasteiger partial charge is 0.346 e. The molecule has 0 bridgehead atoms. The topological polar surface area (TPSA) is 185 Å². The number of aryl methyl sites for hydroxylation is 2. The highest BCUT2D eigenvalue weighted by Crippen LogP contribution is 2.44. The molecule has 0 saturated carbocycles. The van der Waals surface area contributed by atoms with Crippen LogP contribution in [0, 0.1) is 38.3 Å². The van der Waals surface area contributed by atoms with Crippen LogP contribution in [0.25, 0.3) is 55.9 Å². The second-order valence-corrected chi connectivity index (χ2v) is 29.1. The van der Waals surface area contributed by atoms with E-state index in [0.29, 0.717) is 39.6 Å². The predicted molar refractivity (Wildman–Crippen MR) is 503 cm³/mol. The minimum absolute atomic E-state index is 0.0226. The van der Waals surface area contributed by atoms with Crippen molar-refractivity contribution in [3.8, 4) is 62.8 Å². The van der Waals surface area contributed by atoms with E-state index in [1.807, 2.05) is 232 Å². The molecule has 0 spiro atoms. The number of aromatic carboxylic acids is 1. The minimum Gasteiger partial charge on any atom is -0.486 e. The first-order valence-electron chi connectivity index (χ1n) is 40.2. The number of rotatable bonds is 27. The summed E-state index contributed by atoms with van der Waals surface area (Å²) < 4.78 is 18.1. The van der Waals surface area contributed by atoms with Crippen LogP contribution in [0.5, 0.6) is 34.5 Å². The van der Waals surface area contributed by atoms with Gasteiger partial charge in [-0.1, -0.05) is 199 Å². The van der Waals surface area contributed by atoms with Crippen molar-refractivity contribution >= 4 is 110 Å². The van der Waals surface area contributed by atoms with Crippen molar-refractivity contribution in [2.45, 2.75) is 13.8 Å². The summed E-state index contributed by atoms with van der Waals surface area (Å²) in [6, 6.07) is 134. The van der Waals surface area contributed by atoms with Gasteiger partial charge in [0.1, 0.15) is 51.7 Å². The average molecular weight is 1640 g/mol. The van der Waals surface area contributed by atoms with Crippen molar-refractivity contribution in [3.63, 3.8) is 0 Å². The van der Waals surface area contributed by atoms with Gasteiger partial charge in [0.05, 0.1) is 13.1 Å². The molecule has 0 aliphatic carbocycles. The summed E-state index contributed by atoms with van der Waals surface area (Å²) in [6.45, 7) is 19.3. The third kappa shape index (κ3) is 20.5. The van der Waals surface area contributed by atoms with Gasteiger partial charge in [-0.2, -0.15) is 5.26 Å². The van der Waals surface area contributed by atoms with Crippen LogP contribution >= 0.6 is 0 Å². The maximum Gasteiger partial charge on any atom is 0.346 e. The fraction of sp³-hybridized carbons (Fsp3) is 0.0182. The molecule has 0 heterocycles. The predicted octanol–water partition coefficient (Wildman–Crippen LogP) is 29.0. The molecule has 126 heavy (non-hydrogen) atoms. The molecule has 0 fully saturated rings. The summed E-state index contributed by atoms with van der Waals surface area (Å²) in [6.07, 6.45) is 4.46. The molecule has 608 valence electrons. The Hall–Kier alpha value is -17.8. The molecule has 0 atom stereocenters. The Morgan fingerprint density at radius 2 is 0.587 bits per heavy atom. The Balaban J connectivity index is 0.000000197. The summed E-state index contributed by atoms with van der Waals surface area (Å²) in [7, 11) is 0. The second kappa shape index (κ2) is 39.4. The summed E-state index contributed by atoms with van der Waals surface area (Å²) >= 11 is 0. The van der Waals surface area contributed by atoms with E-state index in [9.17, 15) is 35.0 Å². The van der Waals surface area contributed by atoms with Crippen LogP contribution in [0.1, 0.15) is 43.7 Å². The zero-order valence-electron chi connectivity index (χ0n) is 68.3. The highest BCUT2D eigenvalue weighted by Gasteiger charge is 2.22. The van der Waals surface area contributed by atoms with Crippen molar-refractivity contribution in [1.82, 2.24) is 0 Å². The molecule has 16 nitrogen and oxygen atoms in total. The van der Waals surface area contributed by atoms with Crippen molar-refractivity contribution in [3.05, 3.63) is 479 Å². The van der Waals surface area contributed by atoms with Gasteiger partial charge in [-0.15, -0.1) is 0 Å². The Labute approximate surface area is 730 Å². The molecule has 16 heteroatoms. The lowest BCUT2D eigenvalue weighted by molar-refractivity contribution is -0.133. The lowest BCUT2D eigenvalue weighted by atomic mass is 10.0. The second-order valence-electron chi connectivity index (χ2n) is 29.1. The molecule has 16 aromatic rings. The Kier molecular flexibility index (Phi) is 26.0. The van der Waals surface area contributed by atoms with Crippen LogP contribution in [0.4, 0.5) is 68.2 Å². The number of carboxylic acid groups (broad SMARTS) is 3. The number of hydrogen-bond donors (Lipinski definition) is 3. The van der Waals surface area contributed by atoms with Crippen molar-refractivity contribution < 1.29 is 43.9 Å². The molecule has 0 radical (unpaired) electrons. The summed E-state index contributed by atoms with van der Waals surface area (Å²) in [4.78, 5) is 50.8. The molecule has 3 N–H and O–H groups in total. The molecule has 0 amide bonds. The number of carbonyl (C=O) groups is 3. The fourth-order valence-electron chi connectivity index (χ4n) is 14.2. The average Bonchev–Trinajstić information content (AvgIpc) is 0.812. The third-order valence-corrected chi connectivity index (χ3v) is 20.6. The SMILES string of the molecule is [C-]#[N+]/C(=C\c1ccc(N(c2ccc(Oc3ccc(C)cc3)cc2)c2ccc(-c3ccc(N(c4ccc(/C=C(\C#N)C(=O)O)cc4)c4ccc(Oc5ccc(C)cc5)cc4)cc3)cc2)cc1)C(=O)O.[C-]#[N+]/C(=C\c1ccc(N(c2ccccc2)c2ccc(-c3ccc(N(c4ccccc4)c4ccccc4)cc3)cc2)cc1)c1ccc(Oc2ccccc2)c(C(=O)O)c1. The summed E-state index contributed by atoms with van der Waals surface area (Å²) in [5.74, 6) is -0.151. The molecule has 0 saturated heterocycles. The van der Waals surface area contributed by atoms with Crippen LogP contribution in [0.3, 0.4) is 0 Å². The van der Waals surface area contributed by atoms with Gasteiger partial charge in [0.15, 0.2) is 5.70 Å².